The van der Waals surface area contributed by atoms with Crippen molar-refractivity contribution < 1.29 is 0 Å². The molecule has 2 heteroatoms. The van der Waals surface area contributed by atoms with Crippen LogP contribution in [0.1, 0.15) is 31.7 Å². The molecule has 1 atom stereocenters. The van der Waals surface area contributed by atoms with Gasteiger partial charge in [0.2, 0.25) is 0 Å². The van der Waals surface area contributed by atoms with E-state index in [0.717, 1.165) is 12.0 Å². The zero-order chi connectivity index (χ0) is 13.1. The van der Waals surface area contributed by atoms with Crippen molar-refractivity contribution in [3.63, 3.8) is 0 Å². The molecule has 94 valence electrons. The van der Waals surface area contributed by atoms with Crippen LogP contribution in [0.5, 0.6) is 0 Å². The number of hydrogen-bond donors (Lipinski definition) is 0. The molecule has 0 aliphatic carbocycles. The maximum absolute atomic E-state index is 6.04. The molecule has 2 aromatic carbocycles. The maximum Gasteiger partial charge on any atom is 0.0598 e. The molecule has 0 aromatic heterocycles. The van der Waals surface area contributed by atoms with Crippen LogP contribution < -0.4 is 0 Å². The Kier molecular flexibility index (Phi) is 4.31. The summed E-state index contributed by atoms with van der Waals surface area (Å²) in [4.78, 5) is 0. The Morgan fingerprint density at radius 3 is 2.06 bits per heavy atom. The molecule has 2 rings (SSSR count). The van der Waals surface area contributed by atoms with Crippen LogP contribution in [0.15, 0.2) is 42.5 Å². The van der Waals surface area contributed by atoms with Crippen molar-refractivity contribution in [3.8, 4) is 11.1 Å². The first-order chi connectivity index (χ1) is 8.61. The Balaban J connectivity index is 2.31. The third-order valence-electron chi connectivity index (χ3n) is 3.35. The lowest BCUT2D eigenvalue weighted by molar-refractivity contribution is 0.734. The summed E-state index contributed by atoms with van der Waals surface area (Å²) in [6.07, 6.45) is 1.16. The van der Waals surface area contributed by atoms with Gasteiger partial charge in [-0.05, 0) is 41.2 Å². The molecule has 0 aliphatic rings. The van der Waals surface area contributed by atoms with Gasteiger partial charge in [-0.3, -0.25) is 0 Å². The van der Waals surface area contributed by atoms with Gasteiger partial charge in [-0.2, -0.15) is 0 Å². The minimum atomic E-state index is 0.594. The molecule has 0 spiro atoms. The van der Waals surface area contributed by atoms with E-state index in [4.69, 9.17) is 23.2 Å². The highest BCUT2D eigenvalue weighted by molar-refractivity contribution is 6.42. The highest BCUT2D eigenvalue weighted by Crippen LogP contribution is 2.29. The Labute approximate surface area is 119 Å². The van der Waals surface area contributed by atoms with E-state index in [1.54, 1.807) is 0 Å². The molecule has 1 unspecified atom stereocenters. The van der Waals surface area contributed by atoms with Gasteiger partial charge in [0.05, 0.1) is 10.0 Å². The molecule has 0 bridgehead atoms. The van der Waals surface area contributed by atoms with E-state index in [1.807, 2.05) is 18.2 Å². The van der Waals surface area contributed by atoms with E-state index < -0.39 is 0 Å². The van der Waals surface area contributed by atoms with Crippen LogP contribution in [0.3, 0.4) is 0 Å². The molecule has 0 nitrogen and oxygen atoms in total. The van der Waals surface area contributed by atoms with Gasteiger partial charge >= 0.3 is 0 Å². The van der Waals surface area contributed by atoms with E-state index in [-0.39, 0.29) is 0 Å². The number of hydrogen-bond acceptors (Lipinski definition) is 0. The number of benzene rings is 2. The molecule has 0 heterocycles. The quantitative estimate of drug-likeness (QED) is 0.629. The van der Waals surface area contributed by atoms with Crippen molar-refractivity contribution in [2.45, 2.75) is 26.2 Å². The highest BCUT2D eigenvalue weighted by atomic mass is 35.5. The molecule has 2 aromatic rings. The van der Waals surface area contributed by atoms with Crippen molar-refractivity contribution in [3.05, 3.63) is 58.1 Å². The lowest BCUT2D eigenvalue weighted by Gasteiger charge is -2.10. The molecule has 0 saturated carbocycles. The van der Waals surface area contributed by atoms with Crippen molar-refractivity contribution >= 4 is 23.2 Å². The average molecular weight is 279 g/mol. The molecule has 0 radical (unpaired) electrons. The first-order valence-electron chi connectivity index (χ1n) is 6.17. The topological polar surface area (TPSA) is 0 Å². The van der Waals surface area contributed by atoms with Crippen molar-refractivity contribution in [2.75, 3.05) is 0 Å². The minimum absolute atomic E-state index is 0.594. The smallest absolute Gasteiger partial charge is 0.0598 e. The standard InChI is InChI=1S/C16H16Cl2/c1-3-11(2)12-4-6-13(7-5-12)14-8-9-15(17)16(18)10-14/h4-11H,3H2,1-2H3. The van der Waals surface area contributed by atoms with Gasteiger partial charge in [0.25, 0.3) is 0 Å². The predicted octanol–water partition coefficient (Wildman–Crippen LogP) is 6.17. The van der Waals surface area contributed by atoms with E-state index in [0.29, 0.717) is 16.0 Å². The van der Waals surface area contributed by atoms with Crippen molar-refractivity contribution in [1.82, 2.24) is 0 Å². The first kappa shape index (κ1) is 13.5. The number of halogens is 2. The summed E-state index contributed by atoms with van der Waals surface area (Å²) in [7, 11) is 0. The molecule has 0 aliphatic heterocycles. The van der Waals surface area contributed by atoms with Gasteiger partial charge in [-0.1, -0.05) is 67.4 Å². The summed E-state index contributed by atoms with van der Waals surface area (Å²) in [5, 5.41) is 1.19. The Bertz CT molecular complexity index is 529. The largest absolute Gasteiger partial charge is 0.0827 e. The summed E-state index contributed by atoms with van der Waals surface area (Å²) in [6.45, 7) is 4.45. The van der Waals surface area contributed by atoms with Crippen LogP contribution in [-0.4, -0.2) is 0 Å². The molecule has 0 fully saturated rings. The van der Waals surface area contributed by atoms with Gasteiger partial charge < -0.3 is 0 Å². The third-order valence-corrected chi connectivity index (χ3v) is 4.08. The molecule has 0 N–H and O–H groups in total. The van der Waals surface area contributed by atoms with Crippen molar-refractivity contribution in [1.29, 1.82) is 0 Å². The second kappa shape index (κ2) is 5.77. The van der Waals surface area contributed by atoms with E-state index in [2.05, 4.69) is 38.1 Å². The van der Waals surface area contributed by atoms with Crippen LogP contribution in [0.2, 0.25) is 10.0 Å². The van der Waals surface area contributed by atoms with Gasteiger partial charge in [0.15, 0.2) is 0 Å². The van der Waals surface area contributed by atoms with Crippen LogP contribution in [-0.2, 0) is 0 Å². The van der Waals surface area contributed by atoms with E-state index in [1.165, 1.54) is 11.1 Å². The van der Waals surface area contributed by atoms with Crippen molar-refractivity contribution in [2.24, 2.45) is 0 Å². The minimum Gasteiger partial charge on any atom is -0.0827 e. The normalized spacial score (nSPS) is 12.4. The zero-order valence-electron chi connectivity index (χ0n) is 10.6. The summed E-state index contributed by atoms with van der Waals surface area (Å²) in [5.41, 5.74) is 3.64. The van der Waals surface area contributed by atoms with Gasteiger partial charge in [-0.25, -0.2) is 0 Å². The fourth-order valence-corrected chi connectivity index (χ4v) is 2.21. The molecular formula is C16H16Cl2. The maximum atomic E-state index is 6.04. The second-order valence-electron chi connectivity index (χ2n) is 4.56. The summed E-state index contributed by atoms with van der Waals surface area (Å²) < 4.78 is 0. The van der Waals surface area contributed by atoms with E-state index >= 15 is 0 Å². The fourth-order valence-electron chi connectivity index (χ4n) is 1.92. The fraction of sp³-hybridized carbons (Fsp3) is 0.250. The number of rotatable bonds is 3. The van der Waals surface area contributed by atoms with Crippen LogP contribution >= 0.6 is 23.2 Å². The Morgan fingerprint density at radius 2 is 1.50 bits per heavy atom. The molecule has 0 saturated heterocycles. The third kappa shape index (κ3) is 2.88. The molecule has 0 amide bonds. The molecule has 18 heavy (non-hydrogen) atoms. The Morgan fingerprint density at radius 1 is 0.889 bits per heavy atom. The molecular weight excluding hydrogens is 263 g/mol. The lowest BCUT2D eigenvalue weighted by atomic mass is 9.96. The SMILES string of the molecule is CCC(C)c1ccc(-c2ccc(Cl)c(Cl)c2)cc1. The highest BCUT2D eigenvalue weighted by Gasteiger charge is 2.05. The lowest BCUT2D eigenvalue weighted by Crippen LogP contribution is -1.90. The van der Waals surface area contributed by atoms with Gasteiger partial charge in [0, 0.05) is 0 Å². The predicted molar refractivity (Wildman–Crippen MR) is 80.6 cm³/mol. The summed E-state index contributed by atoms with van der Waals surface area (Å²) in [5.74, 6) is 0.604. The van der Waals surface area contributed by atoms with Crippen LogP contribution in [0.4, 0.5) is 0 Å². The Hall–Kier alpha value is -0.980. The van der Waals surface area contributed by atoms with Crippen LogP contribution in [0.25, 0.3) is 11.1 Å². The van der Waals surface area contributed by atoms with Gasteiger partial charge in [-0.15, -0.1) is 0 Å². The second-order valence-corrected chi connectivity index (χ2v) is 5.37. The summed E-state index contributed by atoms with van der Waals surface area (Å²) in [6, 6.07) is 14.4. The first-order valence-corrected chi connectivity index (χ1v) is 6.92. The summed E-state index contributed by atoms with van der Waals surface area (Å²) >= 11 is 12.0. The monoisotopic (exact) mass is 278 g/mol. The van der Waals surface area contributed by atoms with E-state index in [9.17, 15) is 0 Å². The van der Waals surface area contributed by atoms with Crippen LogP contribution in [0, 0.1) is 0 Å². The zero-order valence-corrected chi connectivity index (χ0v) is 12.1. The van der Waals surface area contributed by atoms with Gasteiger partial charge in [0.1, 0.15) is 0 Å². The average Bonchev–Trinajstić information content (AvgIpc) is 2.41.